The van der Waals surface area contributed by atoms with E-state index in [0.717, 1.165) is 33.0 Å². The minimum atomic E-state index is -4.78. The lowest BCUT2D eigenvalue weighted by atomic mass is 9.89. The molecular formula is C36H45F4N3O4. The van der Waals surface area contributed by atoms with Crippen molar-refractivity contribution in [3.05, 3.63) is 91.6 Å². The Kier molecular flexibility index (Phi) is 12.2. The molecule has 0 bridgehead atoms. The van der Waals surface area contributed by atoms with Gasteiger partial charge in [0.1, 0.15) is 11.9 Å². The van der Waals surface area contributed by atoms with Gasteiger partial charge in [-0.2, -0.15) is 13.2 Å². The third kappa shape index (κ3) is 9.53. The van der Waals surface area contributed by atoms with Crippen LogP contribution in [-0.2, 0) is 22.2 Å². The van der Waals surface area contributed by atoms with Crippen molar-refractivity contribution in [2.75, 3.05) is 20.6 Å². The molecule has 7 nitrogen and oxygen atoms in total. The van der Waals surface area contributed by atoms with E-state index in [1.807, 2.05) is 37.8 Å². The van der Waals surface area contributed by atoms with E-state index in [-0.39, 0.29) is 35.4 Å². The van der Waals surface area contributed by atoms with Crippen LogP contribution in [0.15, 0.2) is 41.3 Å². The molecule has 0 aliphatic heterocycles. The summed E-state index contributed by atoms with van der Waals surface area (Å²) >= 11 is 0. The number of nitrogens with one attached hydrogen (secondary N) is 1. The zero-order valence-electron chi connectivity index (χ0n) is 28.3. The minimum Gasteiger partial charge on any atom is -0.481 e. The Morgan fingerprint density at radius 2 is 1.60 bits per heavy atom. The Labute approximate surface area is 273 Å². The number of halogens is 4. The number of aliphatic carboxylic acids is 1. The first kappa shape index (κ1) is 37.5. The van der Waals surface area contributed by atoms with E-state index in [4.69, 9.17) is 0 Å². The second kappa shape index (κ2) is 15.3. The number of pyridine rings is 1. The Morgan fingerprint density at radius 1 is 0.979 bits per heavy atom. The van der Waals surface area contributed by atoms with Crippen LogP contribution in [0.1, 0.15) is 84.1 Å². The molecular weight excluding hydrogens is 614 g/mol. The number of alkyl halides is 3. The molecule has 47 heavy (non-hydrogen) atoms. The first-order valence-corrected chi connectivity index (χ1v) is 15.7. The van der Waals surface area contributed by atoms with Crippen LogP contribution >= 0.6 is 0 Å². The molecule has 256 valence electrons. The average molecular weight is 660 g/mol. The smallest absolute Gasteiger partial charge is 0.416 e. The normalized spacial score (nSPS) is 13.2. The number of hydrogen-bond donors (Lipinski definition) is 2. The summed E-state index contributed by atoms with van der Waals surface area (Å²) < 4.78 is 58.7. The highest BCUT2D eigenvalue weighted by atomic mass is 19.4. The number of aryl methyl sites for hydroxylation is 5. The summed E-state index contributed by atoms with van der Waals surface area (Å²) in [5.41, 5.74) is 2.46. The Bertz CT molecular complexity index is 1650. The van der Waals surface area contributed by atoms with E-state index in [2.05, 4.69) is 5.32 Å². The number of carboxylic acid groups (broad SMARTS) is 1. The van der Waals surface area contributed by atoms with Gasteiger partial charge in [0.05, 0.1) is 18.0 Å². The van der Waals surface area contributed by atoms with Crippen LogP contribution < -0.4 is 10.9 Å². The van der Waals surface area contributed by atoms with Crippen LogP contribution in [0.2, 0.25) is 0 Å². The molecule has 2 aromatic carbocycles. The lowest BCUT2D eigenvalue weighted by Crippen LogP contribution is -2.40. The first-order chi connectivity index (χ1) is 21.8. The van der Waals surface area contributed by atoms with Crippen LogP contribution in [0.25, 0.3) is 11.1 Å². The lowest BCUT2D eigenvalue weighted by molar-refractivity contribution is -0.139. The van der Waals surface area contributed by atoms with Gasteiger partial charge < -0.3 is 19.9 Å². The fraction of sp³-hybridized carbons (Fsp3) is 0.472. The number of benzene rings is 2. The second-order valence-corrected chi connectivity index (χ2v) is 13.1. The standard InChI is InChI=1S/C36H45F4N3O4/c1-20(2)12-30(43-19-25(10-9-11-42(7)8)28(17-31(43)44)36(38,39)40)35(47)41-29(18-32(45)46)27-16-26(15-24(6)34(27)37)33-22(4)13-21(3)14-23(33)5/h13-17,19-20,29-30H,9-12,18H2,1-8H3,(H,41,47)(H,45,46). The van der Waals surface area contributed by atoms with Crippen molar-refractivity contribution in [1.82, 2.24) is 14.8 Å². The van der Waals surface area contributed by atoms with Gasteiger partial charge in [-0.05, 0) is 119 Å². The maximum absolute atomic E-state index is 15.8. The predicted octanol–water partition coefficient (Wildman–Crippen LogP) is 7.32. The largest absolute Gasteiger partial charge is 0.481 e. The monoisotopic (exact) mass is 659 g/mol. The zero-order valence-corrected chi connectivity index (χ0v) is 28.3. The number of nitrogens with zero attached hydrogens (tertiary/aromatic N) is 2. The molecule has 0 aliphatic rings. The Balaban J connectivity index is 2.13. The molecule has 1 heterocycles. The zero-order chi connectivity index (χ0) is 35.4. The van der Waals surface area contributed by atoms with Gasteiger partial charge >= 0.3 is 12.1 Å². The van der Waals surface area contributed by atoms with Gasteiger partial charge in [0, 0.05) is 17.8 Å². The molecule has 11 heteroatoms. The molecule has 0 saturated carbocycles. The maximum Gasteiger partial charge on any atom is 0.416 e. The van der Waals surface area contributed by atoms with Crippen molar-refractivity contribution in [2.45, 2.75) is 85.5 Å². The van der Waals surface area contributed by atoms with Gasteiger partial charge in [-0.1, -0.05) is 31.5 Å². The molecule has 0 radical (unpaired) electrons. The summed E-state index contributed by atoms with van der Waals surface area (Å²) in [6, 6.07) is 5.09. The van der Waals surface area contributed by atoms with Crippen molar-refractivity contribution in [3.8, 4) is 11.1 Å². The summed E-state index contributed by atoms with van der Waals surface area (Å²) in [5.74, 6) is -2.95. The Morgan fingerprint density at radius 3 is 2.13 bits per heavy atom. The first-order valence-electron chi connectivity index (χ1n) is 15.7. The third-order valence-electron chi connectivity index (χ3n) is 8.17. The van der Waals surface area contributed by atoms with Crippen molar-refractivity contribution < 1.29 is 32.3 Å². The molecule has 0 aliphatic carbocycles. The summed E-state index contributed by atoms with van der Waals surface area (Å²) in [4.78, 5) is 41.0. The molecule has 3 rings (SSSR count). The maximum atomic E-state index is 15.8. The third-order valence-corrected chi connectivity index (χ3v) is 8.17. The lowest BCUT2D eigenvalue weighted by Gasteiger charge is -2.27. The summed E-state index contributed by atoms with van der Waals surface area (Å²) in [7, 11) is 3.59. The van der Waals surface area contributed by atoms with Crippen LogP contribution in [0, 0.1) is 39.4 Å². The van der Waals surface area contributed by atoms with E-state index in [1.54, 1.807) is 40.9 Å². The SMILES string of the molecule is Cc1cc(C)c(-c2cc(C)c(F)c(C(CC(=O)O)NC(=O)C(CC(C)C)n3cc(CCCN(C)C)c(C(F)(F)F)cc3=O)c2)c(C)c1. The van der Waals surface area contributed by atoms with E-state index in [1.165, 1.54) is 6.07 Å². The summed E-state index contributed by atoms with van der Waals surface area (Å²) in [6.45, 7) is 11.5. The van der Waals surface area contributed by atoms with Crippen LogP contribution in [0.3, 0.4) is 0 Å². The summed E-state index contributed by atoms with van der Waals surface area (Å²) in [6.07, 6.45) is -3.89. The number of carbonyl (C=O) groups is 2. The van der Waals surface area contributed by atoms with Crippen LogP contribution in [0.5, 0.6) is 0 Å². The number of aromatic nitrogens is 1. The van der Waals surface area contributed by atoms with E-state index < -0.39 is 53.5 Å². The predicted molar refractivity (Wildman–Crippen MR) is 175 cm³/mol. The van der Waals surface area contributed by atoms with Crippen LogP contribution in [-0.4, -0.2) is 47.1 Å². The number of carbonyl (C=O) groups excluding carboxylic acids is 1. The van der Waals surface area contributed by atoms with E-state index in [9.17, 15) is 32.7 Å². The van der Waals surface area contributed by atoms with Gasteiger partial charge in [0.15, 0.2) is 0 Å². The molecule has 2 unspecified atom stereocenters. The summed E-state index contributed by atoms with van der Waals surface area (Å²) in [5, 5.41) is 12.4. The Hall–Kier alpha value is -3.99. The molecule has 1 aromatic heterocycles. The van der Waals surface area contributed by atoms with Crippen molar-refractivity contribution in [1.29, 1.82) is 0 Å². The highest BCUT2D eigenvalue weighted by molar-refractivity contribution is 5.82. The molecule has 2 atom stereocenters. The fourth-order valence-electron chi connectivity index (χ4n) is 6.19. The number of carboxylic acids is 1. The van der Waals surface area contributed by atoms with Gasteiger partial charge in [0.25, 0.3) is 5.56 Å². The van der Waals surface area contributed by atoms with Crippen molar-refractivity contribution in [2.24, 2.45) is 5.92 Å². The molecule has 2 N–H and O–H groups in total. The van der Waals surface area contributed by atoms with E-state index in [0.29, 0.717) is 24.6 Å². The molecule has 0 fully saturated rings. The van der Waals surface area contributed by atoms with Gasteiger partial charge in [-0.25, -0.2) is 4.39 Å². The van der Waals surface area contributed by atoms with Crippen molar-refractivity contribution >= 4 is 11.9 Å². The minimum absolute atomic E-state index is 0.0140. The molecule has 0 saturated heterocycles. The molecule has 3 aromatic rings. The highest BCUT2D eigenvalue weighted by Gasteiger charge is 2.36. The highest BCUT2D eigenvalue weighted by Crippen LogP contribution is 2.35. The number of rotatable bonds is 13. The second-order valence-electron chi connectivity index (χ2n) is 13.1. The number of amides is 1. The number of hydrogen-bond acceptors (Lipinski definition) is 4. The van der Waals surface area contributed by atoms with E-state index >= 15 is 4.39 Å². The fourth-order valence-corrected chi connectivity index (χ4v) is 6.19. The topological polar surface area (TPSA) is 91.6 Å². The quantitative estimate of drug-likeness (QED) is 0.188. The van der Waals surface area contributed by atoms with Crippen molar-refractivity contribution in [3.63, 3.8) is 0 Å². The molecule has 0 spiro atoms. The average Bonchev–Trinajstić information content (AvgIpc) is 2.92. The van der Waals surface area contributed by atoms with Gasteiger partial charge in [-0.3, -0.25) is 14.4 Å². The van der Waals surface area contributed by atoms with Gasteiger partial charge in [0.2, 0.25) is 5.91 Å². The molecule has 1 amide bonds. The van der Waals surface area contributed by atoms with Gasteiger partial charge in [-0.15, -0.1) is 0 Å². The van der Waals surface area contributed by atoms with Crippen LogP contribution in [0.4, 0.5) is 17.6 Å².